The molecule has 3 aromatic rings. The van der Waals surface area contributed by atoms with Crippen molar-refractivity contribution in [2.45, 2.75) is 0 Å². The van der Waals surface area contributed by atoms with E-state index >= 15 is 0 Å². The highest BCUT2D eigenvalue weighted by molar-refractivity contribution is 6.42. The lowest BCUT2D eigenvalue weighted by Gasteiger charge is -2.37. The fourth-order valence-electron chi connectivity index (χ4n) is 3.66. The van der Waals surface area contributed by atoms with E-state index in [1.54, 1.807) is 30.3 Å². The molecule has 1 amide bonds. The Bertz CT molecular complexity index is 1220. The van der Waals surface area contributed by atoms with Crippen molar-refractivity contribution in [3.05, 3.63) is 87.2 Å². The van der Waals surface area contributed by atoms with Gasteiger partial charge in [0.2, 0.25) is 5.82 Å². The van der Waals surface area contributed by atoms with E-state index in [0.29, 0.717) is 16.3 Å². The summed E-state index contributed by atoms with van der Waals surface area (Å²) in [6.45, 7) is 0.672. The highest BCUT2D eigenvalue weighted by Crippen LogP contribution is 2.31. The lowest BCUT2D eigenvalue weighted by Crippen LogP contribution is -2.47. The number of carbonyl (C=O) groups is 1. The predicted octanol–water partition coefficient (Wildman–Crippen LogP) is 6.27. The molecule has 178 valence electrons. The fourth-order valence-corrected chi connectivity index (χ4v) is 3.95. The molecule has 0 aliphatic carbocycles. The monoisotopic (exact) mass is 515 g/mol. The van der Waals surface area contributed by atoms with Crippen molar-refractivity contribution >= 4 is 46.2 Å². The van der Waals surface area contributed by atoms with Crippen molar-refractivity contribution in [3.63, 3.8) is 0 Å². The fraction of sp³-hybridized carbons (Fsp3) is 0.174. The molecule has 0 spiro atoms. The molecule has 4 rings (SSSR count). The lowest BCUT2D eigenvalue weighted by molar-refractivity contribution is 0.102. The number of nitrogens with zero attached hydrogens (tertiary/aromatic N) is 2. The lowest BCUT2D eigenvalue weighted by atomic mass is 10.1. The Kier molecular flexibility index (Phi) is 6.86. The Hall–Kier alpha value is -3.04. The van der Waals surface area contributed by atoms with Crippen LogP contribution in [0.15, 0.2) is 42.5 Å². The second-order valence-corrected chi connectivity index (χ2v) is 8.34. The molecule has 1 saturated heterocycles. The number of nitrogens with one attached hydrogen (secondary N) is 1. The normalized spacial score (nSPS) is 13.9. The standard InChI is InChI=1S/C23H16Cl2F5N3O/c24-15-6-1-12(11-16(15)25)23(34)31-13-2-4-14(5-3-13)32-7-9-33(10-8-32)22-20(29)18(27)17(26)19(28)21(22)30/h1-6,11H,7-10H2,(H,31,34). The summed E-state index contributed by atoms with van der Waals surface area (Å²) in [5.74, 6) is -10.2. The number of piperazine rings is 1. The van der Waals surface area contributed by atoms with E-state index in [2.05, 4.69) is 5.32 Å². The molecule has 0 bridgehead atoms. The highest BCUT2D eigenvalue weighted by atomic mass is 35.5. The summed E-state index contributed by atoms with van der Waals surface area (Å²) in [7, 11) is 0. The van der Waals surface area contributed by atoms with Gasteiger partial charge >= 0.3 is 0 Å². The smallest absolute Gasteiger partial charge is 0.255 e. The van der Waals surface area contributed by atoms with Crippen molar-refractivity contribution in [2.24, 2.45) is 0 Å². The first-order valence-electron chi connectivity index (χ1n) is 10.0. The molecule has 1 heterocycles. The summed E-state index contributed by atoms with van der Waals surface area (Å²) in [4.78, 5) is 15.4. The van der Waals surface area contributed by atoms with E-state index in [-0.39, 0.29) is 37.1 Å². The second kappa shape index (κ2) is 9.68. The minimum Gasteiger partial charge on any atom is -0.368 e. The summed E-state index contributed by atoms with van der Waals surface area (Å²) in [6, 6.07) is 11.4. The van der Waals surface area contributed by atoms with Crippen LogP contribution in [0.5, 0.6) is 0 Å². The molecule has 1 fully saturated rings. The van der Waals surface area contributed by atoms with Crippen molar-refractivity contribution < 1.29 is 26.7 Å². The summed E-state index contributed by atoms with van der Waals surface area (Å²) in [5, 5.41) is 3.33. The van der Waals surface area contributed by atoms with Crippen LogP contribution in [-0.2, 0) is 0 Å². The van der Waals surface area contributed by atoms with Gasteiger partial charge in [-0.3, -0.25) is 4.79 Å². The molecule has 0 radical (unpaired) electrons. The van der Waals surface area contributed by atoms with Crippen LogP contribution >= 0.6 is 23.2 Å². The molecule has 34 heavy (non-hydrogen) atoms. The molecule has 4 nitrogen and oxygen atoms in total. The maximum Gasteiger partial charge on any atom is 0.255 e. The summed E-state index contributed by atoms with van der Waals surface area (Å²) < 4.78 is 68.6. The minimum absolute atomic E-state index is 0.0498. The largest absolute Gasteiger partial charge is 0.368 e. The number of amides is 1. The molecule has 1 aliphatic heterocycles. The molecule has 11 heteroatoms. The number of halogens is 7. The number of anilines is 3. The summed E-state index contributed by atoms with van der Waals surface area (Å²) in [5.41, 5.74) is 0.712. The van der Waals surface area contributed by atoms with E-state index in [9.17, 15) is 26.7 Å². The molecule has 3 aromatic carbocycles. The number of hydrogen-bond donors (Lipinski definition) is 1. The van der Waals surface area contributed by atoms with Gasteiger partial charge in [0.15, 0.2) is 23.3 Å². The van der Waals surface area contributed by atoms with E-state index < -0.39 is 34.8 Å². The third-order valence-corrected chi connectivity index (χ3v) is 6.19. The van der Waals surface area contributed by atoms with Crippen LogP contribution in [0.1, 0.15) is 10.4 Å². The first-order valence-corrected chi connectivity index (χ1v) is 10.8. The SMILES string of the molecule is O=C(Nc1ccc(N2CCN(c3c(F)c(F)c(F)c(F)c3F)CC2)cc1)c1ccc(Cl)c(Cl)c1. The van der Waals surface area contributed by atoms with E-state index in [0.717, 1.165) is 10.6 Å². The minimum atomic E-state index is -2.18. The Morgan fingerprint density at radius 1 is 0.706 bits per heavy atom. The van der Waals surface area contributed by atoms with Gasteiger partial charge in [0.05, 0.1) is 10.0 Å². The van der Waals surface area contributed by atoms with Gasteiger partial charge in [0.1, 0.15) is 5.69 Å². The number of hydrogen-bond acceptors (Lipinski definition) is 3. The maximum absolute atomic E-state index is 14.1. The summed E-state index contributed by atoms with van der Waals surface area (Å²) in [6.07, 6.45) is 0. The molecule has 1 N–H and O–H groups in total. The topological polar surface area (TPSA) is 35.6 Å². The van der Waals surface area contributed by atoms with E-state index in [1.807, 2.05) is 4.90 Å². The Labute approximate surface area is 201 Å². The van der Waals surface area contributed by atoms with Crippen LogP contribution in [0, 0.1) is 29.1 Å². The Morgan fingerprint density at radius 3 is 1.79 bits per heavy atom. The average Bonchev–Trinajstić information content (AvgIpc) is 2.84. The molecule has 1 aliphatic rings. The molecule has 0 saturated carbocycles. The van der Waals surface area contributed by atoms with Gasteiger partial charge in [-0.25, -0.2) is 22.0 Å². The molecule has 0 aromatic heterocycles. The first-order chi connectivity index (χ1) is 16.2. The van der Waals surface area contributed by atoms with Gasteiger partial charge < -0.3 is 15.1 Å². The first kappa shape index (κ1) is 24.1. The third kappa shape index (κ3) is 4.63. The number of rotatable bonds is 4. The molecular formula is C23H16Cl2F5N3O. The number of benzene rings is 3. The van der Waals surface area contributed by atoms with Crippen molar-refractivity contribution in [3.8, 4) is 0 Å². The zero-order chi connectivity index (χ0) is 24.6. The van der Waals surface area contributed by atoms with E-state index in [4.69, 9.17) is 23.2 Å². The van der Waals surface area contributed by atoms with Crippen LogP contribution in [-0.4, -0.2) is 32.1 Å². The zero-order valence-corrected chi connectivity index (χ0v) is 18.8. The van der Waals surface area contributed by atoms with Gasteiger partial charge in [-0.15, -0.1) is 0 Å². The molecule has 0 unspecified atom stereocenters. The van der Waals surface area contributed by atoms with Crippen LogP contribution in [0.4, 0.5) is 39.0 Å². The number of carbonyl (C=O) groups excluding carboxylic acids is 1. The molecule has 0 atom stereocenters. The zero-order valence-electron chi connectivity index (χ0n) is 17.3. The third-order valence-electron chi connectivity index (χ3n) is 5.45. The summed E-state index contributed by atoms with van der Waals surface area (Å²) >= 11 is 11.8. The van der Waals surface area contributed by atoms with E-state index in [1.165, 1.54) is 12.1 Å². The van der Waals surface area contributed by atoms with Crippen molar-refractivity contribution in [2.75, 3.05) is 41.3 Å². The van der Waals surface area contributed by atoms with Crippen molar-refractivity contribution in [1.29, 1.82) is 0 Å². The van der Waals surface area contributed by atoms with Crippen LogP contribution in [0.2, 0.25) is 10.0 Å². The predicted molar refractivity (Wildman–Crippen MR) is 122 cm³/mol. The van der Waals surface area contributed by atoms with Gasteiger partial charge in [-0.2, -0.15) is 0 Å². The van der Waals surface area contributed by atoms with Crippen LogP contribution in [0.25, 0.3) is 0 Å². The second-order valence-electron chi connectivity index (χ2n) is 7.52. The van der Waals surface area contributed by atoms with Gasteiger partial charge in [-0.1, -0.05) is 23.2 Å². The quantitative estimate of drug-likeness (QED) is 0.253. The van der Waals surface area contributed by atoms with Gasteiger partial charge in [-0.05, 0) is 42.5 Å². The van der Waals surface area contributed by atoms with Gasteiger partial charge in [0, 0.05) is 43.1 Å². The van der Waals surface area contributed by atoms with Crippen molar-refractivity contribution in [1.82, 2.24) is 0 Å². The Balaban J connectivity index is 1.41. The van der Waals surface area contributed by atoms with Gasteiger partial charge in [0.25, 0.3) is 5.91 Å². The van der Waals surface area contributed by atoms with Crippen LogP contribution < -0.4 is 15.1 Å². The maximum atomic E-state index is 14.1. The highest BCUT2D eigenvalue weighted by Gasteiger charge is 2.30. The Morgan fingerprint density at radius 2 is 1.24 bits per heavy atom. The molecular weight excluding hydrogens is 500 g/mol. The average molecular weight is 516 g/mol. The van der Waals surface area contributed by atoms with Crippen LogP contribution in [0.3, 0.4) is 0 Å².